The monoisotopic (exact) mass is 229 g/mol. The summed E-state index contributed by atoms with van der Waals surface area (Å²) in [6, 6.07) is 7.10. The minimum Gasteiger partial charge on any atom is -0.411 e. The van der Waals surface area contributed by atoms with Crippen LogP contribution >= 0.6 is 15.9 Å². The molecule has 0 aliphatic rings. The van der Waals surface area contributed by atoms with E-state index in [1.807, 2.05) is 12.1 Å². The smallest absolute Gasteiger partial charge is 0.409 e. The molecular weight excluding hydrogens is 222 g/mol. The second-order valence-electron chi connectivity index (χ2n) is 2.20. The van der Waals surface area contributed by atoms with Gasteiger partial charge in [-0.1, -0.05) is 28.1 Å². The van der Waals surface area contributed by atoms with Gasteiger partial charge in [-0.25, -0.2) is 4.79 Å². The quantitative estimate of drug-likeness (QED) is 0.790. The number of rotatable bonds is 2. The van der Waals surface area contributed by atoms with Gasteiger partial charge in [0.15, 0.2) is 0 Å². The van der Waals surface area contributed by atoms with Gasteiger partial charge in [0.2, 0.25) is 0 Å². The Morgan fingerprint density at radius 3 is 2.42 bits per heavy atom. The number of hydrogen-bond donors (Lipinski definition) is 1. The van der Waals surface area contributed by atoms with Gasteiger partial charge in [0.05, 0.1) is 0 Å². The van der Waals surface area contributed by atoms with Crippen molar-refractivity contribution in [1.82, 2.24) is 0 Å². The Kier molecular flexibility index (Phi) is 3.10. The Balaban J connectivity index is 2.71. The molecule has 1 aromatic rings. The second kappa shape index (κ2) is 4.11. The van der Waals surface area contributed by atoms with Gasteiger partial charge in [-0.2, -0.15) is 0 Å². The second-order valence-corrected chi connectivity index (χ2v) is 2.76. The molecule has 3 nitrogen and oxygen atoms in total. The molecule has 0 radical (unpaired) electrons. The van der Waals surface area contributed by atoms with Crippen molar-refractivity contribution in [2.24, 2.45) is 5.73 Å². The van der Waals surface area contributed by atoms with Crippen molar-refractivity contribution in [3.8, 4) is 5.75 Å². The van der Waals surface area contributed by atoms with Crippen LogP contribution < -0.4 is 10.5 Å². The van der Waals surface area contributed by atoms with Gasteiger partial charge in [0, 0.05) is 5.33 Å². The van der Waals surface area contributed by atoms with Crippen molar-refractivity contribution in [3.63, 3.8) is 0 Å². The average molecular weight is 230 g/mol. The number of carbonyl (C=O) groups is 1. The van der Waals surface area contributed by atoms with Crippen molar-refractivity contribution in [2.45, 2.75) is 5.33 Å². The van der Waals surface area contributed by atoms with Crippen LogP contribution in [0.25, 0.3) is 0 Å². The third-order valence-electron chi connectivity index (χ3n) is 1.30. The van der Waals surface area contributed by atoms with Gasteiger partial charge in [0.1, 0.15) is 5.75 Å². The summed E-state index contributed by atoms with van der Waals surface area (Å²) < 4.78 is 4.64. The lowest BCUT2D eigenvalue weighted by Crippen LogP contribution is -2.16. The Morgan fingerprint density at radius 2 is 2.00 bits per heavy atom. The van der Waals surface area contributed by atoms with E-state index in [-0.39, 0.29) is 0 Å². The largest absolute Gasteiger partial charge is 0.411 e. The lowest BCUT2D eigenvalue weighted by atomic mass is 10.2. The molecule has 0 heterocycles. The third kappa shape index (κ3) is 2.54. The van der Waals surface area contributed by atoms with E-state index in [1.54, 1.807) is 12.1 Å². The van der Waals surface area contributed by atoms with Gasteiger partial charge in [0.25, 0.3) is 0 Å². The van der Waals surface area contributed by atoms with Crippen LogP contribution in [0, 0.1) is 0 Å². The van der Waals surface area contributed by atoms with Crippen molar-refractivity contribution in [3.05, 3.63) is 29.8 Å². The van der Waals surface area contributed by atoms with Crippen LogP contribution in [-0.4, -0.2) is 6.09 Å². The summed E-state index contributed by atoms with van der Waals surface area (Å²) >= 11 is 3.30. The van der Waals surface area contributed by atoms with E-state index in [0.717, 1.165) is 10.9 Å². The van der Waals surface area contributed by atoms with E-state index >= 15 is 0 Å². The van der Waals surface area contributed by atoms with Crippen LogP contribution in [0.3, 0.4) is 0 Å². The predicted molar refractivity (Wildman–Crippen MR) is 49.3 cm³/mol. The SMILES string of the molecule is NC(=O)Oc1ccc(CBr)cc1. The first-order chi connectivity index (χ1) is 5.72. The predicted octanol–water partition coefficient (Wildman–Crippen LogP) is 2.04. The van der Waals surface area contributed by atoms with E-state index in [1.165, 1.54) is 0 Å². The zero-order chi connectivity index (χ0) is 8.97. The van der Waals surface area contributed by atoms with Crippen LogP contribution in [0.4, 0.5) is 4.79 Å². The van der Waals surface area contributed by atoms with Crippen LogP contribution in [0.1, 0.15) is 5.56 Å². The molecule has 0 aromatic heterocycles. The zero-order valence-electron chi connectivity index (χ0n) is 6.29. The van der Waals surface area contributed by atoms with E-state index in [9.17, 15) is 4.79 Å². The molecule has 0 spiro atoms. The summed E-state index contributed by atoms with van der Waals surface area (Å²) in [5, 5.41) is 0.782. The van der Waals surface area contributed by atoms with Crippen LogP contribution in [0.15, 0.2) is 24.3 Å². The van der Waals surface area contributed by atoms with Crippen molar-refractivity contribution >= 4 is 22.0 Å². The van der Waals surface area contributed by atoms with E-state index < -0.39 is 6.09 Å². The van der Waals surface area contributed by atoms with Crippen molar-refractivity contribution < 1.29 is 9.53 Å². The summed E-state index contributed by atoms with van der Waals surface area (Å²) in [6.45, 7) is 0. The summed E-state index contributed by atoms with van der Waals surface area (Å²) in [6.07, 6.45) is -0.790. The highest BCUT2D eigenvalue weighted by Crippen LogP contribution is 2.13. The topological polar surface area (TPSA) is 52.3 Å². The molecule has 64 valence electrons. The number of carbonyl (C=O) groups excluding carboxylic acids is 1. The highest BCUT2D eigenvalue weighted by Gasteiger charge is 1.97. The summed E-state index contributed by atoms with van der Waals surface area (Å²) in [7, 11) is 0. The molecule has 1 amide bonds. The number of halogens is 1. The summed E-state index contributed by atoms with van der Waals surface area (Å²) in [4.78, 5) is 10.3. The number of ether oxygens (including phenoxy) is 1. The number of primary amides is 1. The van der Waals surface area contributed by atoms with Crippen molar-refractivity contribution in [1.29, 1.82) is 0 Å². The first-order valence-corrected chi connectivity index (χ1v) is 4.46. The van der Waals surface area contributed by atoms with Gasteiger partial charge in [-0.3, -0.25) is 0 Å². The van der Waals surface area contributed by atoms with Crippen LogP contribution in [0.5, 0.6) is 5.75 Å². The highest BCUT2D eigenvalue weighted by molar-refractivity contribution is 9.08. The highest BCUT2D eigenvalue weighted by atomic mass is 79.9. The zero-order valence-corrected chi connectivity index (χ0v) is 7.87. The third-order valence-corrected chi connectivity index (χ3v) is 1.94. The molecule has 0 bridgehead atoms. The fourth-order valence-corrected chi connectivity index (χ4v) is 1.14. The molecule has 4 heteroatoms. The fourth-order valence-electron chi connectivity index (χ4n) is 0.763. The number of hydrogen-bond acceptors (Lipinski definition) is 2. The normalized spacial score (nSPS) is 9.42. The maximum atomic E-state index is 10.3. The molecule has 0 fully saturated rings. The maximum Gasteiger partial charge on any atom is 0.409 e. The minimum absolute atomic E-state index is 0.465. The number of benzene rings is 1. The molecule has 0 saturated carbocycles. The van der Waals surface area contributed by atoms with Gasteiger partial charge in [-0.15, -0.1) is 0 Å². The molecule has 0 aliphatic heterocycles. The lowest BCUT2D eigenvalue weighted by Gasteiger charge is -2.00. The summed E-state index contributed by atoms with van der Waals surface area (Å²) in [5.74, 6) is 0.465. The minimum atomic E-state index is -0.790. The fraction of sp³-hybridized carbons (Fsp3) is 0.125. The van der Waals surface area contributed by atoms with Gasteiger partial charge in [-0.05, 0) is 17.7 Å². The first kappa shape index (κ1) is 9.06. The molecule has 0 aliphatic carbocycles. The Morgan fingerprint density at radius 1 is 1.42 bits per heavy atom. The van der Waals surface area contributed by atoms with Gasteiger partial charge >= 0.3 is 6.09 Å². The first-order valence-electron chi connectivity index (χ1n) is 3.34. The molecule has 0 unspecified atom stereocenters. The van der Waals surface area contributed by atoms with Crippen molar-refractivity contribution in [2.75, 3.05) is 0 Å². The molecular formula is C8H8BrNO2. The van der Waals surface area contributed by atoms with E-state index in [4.69, 9.17) is 5.73 Å². The standard InChI is InChI=1S/C8H8BrNO2/c9-5-6-1-3-7(4-2-6)12-8(10)11/h1-4H,5H2,(H2,10,11). The molecule has 1 rings (SSSR count). The number of amides is 1. The van der Waals surface area contributed by atoms with Gasteiger partial charge < -0.3 is 10.5 Å². The number of nitrogens with two attached hydrogens (primary N) is 1. The molecule has 0 atom stereocenters. The molecule has 1 aromatic carbocycles. The Labute approximate surface area is 78.6 Å². The summed E-state index contributed by atoms with van der Waals surface area (Å²) in [5.41, 5.74) is 5.94. The Hall–Kier alpha value is -1.03. The molecule has 12 heavy (non-hydrogen) atoms. The average Bonchev–Trinajstić information content (AvgIpc) is 2.05. The Bertz CT molecular complexity index is 271. The lowest BCUT2D eigenvalue weighted by molar-refractivity contribution is 0.211. The number of alkyl halides is 1. The maximum absolute atomic E-state index is 10.3. The van der Waals surface area contributed by atoms with E-state index in [0.29, 0.717) is 5.75 Å². The van der Waals surface area contributed by atoms with Crippen LogP contribution in [0.2, 0.25) is 0 Å². The van der Waals surface area contributed by atoms with Crippen LogP contribution in [-0.2, 0) is 5.33 Å². The van der Waals surface area contributed by atoms with E-state index in [2.05, 4.69) is 20.7 Å². The molecule has 2 N–H and O–H groups in total. The molecule has 0 saturated heterocycles.